The Kier molecular flexibility index (Phi) is 5.93. The summed E-state index contributed by atoms with van der Waals surface area (Å²) >= 11 is 0. The highest BCUT2D eigenvalue weighted by atomic mass is 19.1. The van der Waals surface area contributed by atoms with E-state index in [2.05, 4.69) is 20.8 Å². The van der Waals surface area contributed by atoms with Gasteiger partial charge in [0.1, 0.15) is 23.8 Å². The molecule has 2 aromatic rings. The van der Waals surface area contributed by atoms with Crippen LogP contribution >= 0.6 is 0 Å². The molecule has 3 N–H and O–H groups in total. The number of nitrogens with one attached hydrogen (secondary N) is 3. The van der Waals surface area contributed by atoms with Crippen LogP contribution in [0.25, 0.3) is 0 Å². The predicted molar refractivity (Wildman–Crippen MR) is 102 cm³/mol. The number of H-pyrrole nitrogens is 1. The molecule has 1 aromatic heterocycles. The molecule has 1 aliphatic carbocycles. The molecule has 1 aliphatic heterocycles. The maximum atomic E-state index is 13.6. The van der Waals surface area contributed by atoms with Crippen molar-refractivity contribution in [3.8, 4) is 0 Å². The number of carbonyl (C=O) groups excluding carboxylic acids is 2. The molecule has 160 valence electrons. The van der Waals surface area contributed by atoms with E-state index in [1.807, 2.05) is 0 Å². The summed E-state index contributed by atoms with van der Waals surface area (Å²) in [5, 5.41) is 12.1. The molecule has 1 saturated heterocycles. The highest BCUT2D eigenvalue weighted by Gasteiger charge is 2.35. The zero-order valence-corrected chi connectivity index (χ0v) is 16.1. The van der Waals surface area contributed by atoms with Crippen LogP contribution in [0.1, 0.15) is 42.9 Å². The summed E-state index contributed by atoms with van der Waals surface area (Å²) in [6.45, 7) is 0.304. The second-order valence-corrected chi connectivity index (χ2v) is 7.45. The molecule has 1 unspecified atom stereocenters. The van der Waals surface area contributed by atoms with Gasteiger partial charge in [0.15, 0.2) is 5.82 Å². The lowest BCUT2D eigenvalue weighted by Gasteiger charge is -2.33. The molecule has 1 aromatic carbocycles. The van der Waals surface area contributed by atoms with Crippen LogP contribution in [0.3, 0.4) is 0 Å². The number of benzene rings is 1. The second-order valence-electron chi connectivity index (χ2n) is 7.45. The topological polar surface area (TPSA) is 105 Å². The Balaban J connectivity index is 1.20. The van der Waals surface area contributed by atoms with Gasteiger partial charge in [-0.25, -0.2) is 13.6 Å². The molecule has 0 spiro atoms. The summed E-state index contributed by atoms with van der Waals surface area (Å²) in [7, 11) is 0. The largest absolute Gasteiger partial charge is 0.446 e. The number of aromatic amines is 1. The Hall–Kier alpha value is -3.01. The van der Waals surface area contributed by atoms with Crippen molar-refractivity contribution >= 4 is 17.8 Å². The summed E-state index contributed by atoms with van der Waals surface area (Å²) in [4.78, 5) is 23.9. The molecule has 1 saturated carbocycles. The van der Waals surface area contributed by atoms with E-state index in [0.29, 0.717) is 31.7 Å². The standard InChI is InChI=1S/C20H22F2N4O4/c21-14-3-1-4-15(22)13(14)10-23-20(28)30-12-7-11(8-12)16-9-18(26-25-16)24-19(27)17-5-2-6-29-17/h1,3-4,9,11-12,17H,2,5-8,10H2,(H,23,28)(H2,24,25,26,27). The average Bonchev–Trinajstić information content (AvgIpc) is 3.36. The van der Waals surface area contributed by atoms with Gasteiger partial charge in [0, 0.05) is 29.8 Å². The molecule has 1 atom stereocenters. The molecule has 0 bridgehead atoms. The van der Waals surface area contributed by atoms with Gasteiger partial charge in [-0.3, -0.25) is 9.89 Å². The number of anilines is 1. The fourth-order valence-corrected chi connectivity index (χ4v) is 3.57. The van der Waals surface area contributed by atoms with Crippen LogP contribution in [-0.2, 0) is 20.8 Å². The number of hydrogen-bond acceptors (Lipinski definition) is 5. The van der Waals surface area contributed by atoms with Gasteiger partial charge in [-0.1, -0.05) is 6.07 Å². The highest BCUT2D eigenvalue weighted by molar-refractivity contribution is 5.93. The normalized spacial score (nSPS) is 22.9. The van der Waals surface area contributed by atoms with Crippen LogP contribution in [0.2, 0.25) is 0 Å². The number of halogens is 2. The highest BCUT2D eigenvalue weighted by Crippen LogP contribution is 2.38. The fraction of sp³-hybridized carbons (Fsp3) is 0.450. The van der Waals surface area contributed by atoms with Crippen molar-refractivity contribution in [3.05, 3.63) is 47.2 Å². The van der Waals surface area contributed by atoms with Crippen LogP contribution < -0.4 is 10.6 Å². The smallest absolute Gasteiger partial charge is 0.407 e. The summed E-state index contributed by atoms with van der Waals surface area (Å²) in [6.07, 6.45) is 1.30. The van der Waals surface area contributed by atoms with Crippen molar-refractivity contribution in [1.82, 2.24) is 15.5 Å². The summed E-state index contributed by atoms with van der Waals surface area (Å²) in [6, 6.07) is 5.28. The van der Waals surface area contributed by atoms with E-state index in [9.17, 15) is 18.4 Å². The first-order valence-corrected chi connectivity index (χ1v) is 9.84. The van der Waals surface area contributed by atoms with Crippen molar-refractivity contribution in [3.63, 3.8) is 0 Å². The third-order valence-corrected chi connectivity index (χ3v) is 5.35. The number of amides is 2. The Bertz CT molecular complexity index is 903. The Morgan fingerprint density at radius 1 is 1.27 bits per heavy atom. The number of rotatable bonds is 6. The molecule has 2 amide bonds. The van der Waals surface area contributed by atoms with Gasteiger partial charge in [0.25, 0.3) is 5.91 Å². The van der Waals surface area contributed by atoms with Crippen molar-refractivity contribution in [2.75, 3.05) is 11.9 Å². The van der Waals surface area contributed by atoms with E-state index in [4.69, 9.17) is 9.47 Å². The van der Waals surface area contributed by atoms with Crippen molar-refractivity contribution < 1.29 is 27.8 Å². The number of ether oxygens (including phenoxy) is 2. The van der Waals surface area contributed by atoms with Gasteiger partial charge in [-0.15, -0.1) is 0 Å². The molecule has 30 heavy (non-hydrogen) atoms. The molecule has 8 nitrogen and oxygen atoms in total. The minimum Gasteiger partial charge on any atom is -0.446 e. The predicted octanol–water partition coefficient (Wildman–Crippen LogP) is 2.98. The minimum atomic E-state index is -0.727. The SMILES string of the molecule is O=C(NCc1c(F)cccc1F)OC1CC(c2cc(NC(=O)C3CCCO3)n[nH]2)C1. The van der Waals surface area contributed by atoms with Crippen molar-refractivity contribution in [2.45, 2.75) is 50.4 Å². The Morgan fingerprint density at radius 2 is 2.03 bits per heavy atom. The number of alkyl carbamates (subject to hydrolysis) is 1. The van der Waals surface area contributed by atoms with E-state index >= 15 is 0 Å². The molecule has 2 heterocycles. The first-order valence-electron chi connectivity index (χ1n) is 9.84. The van der Waals surface area contributed by atoms with E-state index in [0.717, 1.165) is 24.2 Å². The first kappa shape index (κ1) is 20.3. The monoisotopic (exact) mass is 420 g/mol. The van der Waals surface area contributed by atoms with Crippen molar-refractivity contribution in [2.24, 2.45) is 0 Å². The zero-order valence-electron chi connectivity index (χ0n) is 16.1. The fourth-order valence-electron chi connectivity index (χ4n) is 3.57. The lowest BCUT2D eigenvalue weighted by atomic mass is 9.80. The van der Waals surface area contributed by atoms with E-state index in [1.165, 1.54) is 6.07 Å². The first-order chi connectivity index (χ1) is 14.5. The molecule has 0 radical (unpaired) electrons. The molecule has 2 aliphatic rings. The summed E-state index contributed by atoms with van der Waals surface area (Å²) in [5.74, 6) is -1.10. The molecular weight excluding hydrogens is 398 g/mol. The van der Waals surface area contributed by atoms with E-state index in [1.54, 1.807) is 6.07 Å². The summed E-state index contributed by atoms with van der Waals surface area (Å²) in [5.41, 5.74) is 0.627. The second kappa shape index (κ2) is 8.78. The Morgan fingerprint density at radius 3 is 2.73 bits per heavy atom. The van der Waals surface area contributed by atoms with Gasteiger partial charge in [0.05, 0.1) is 6.54 Å². The van der Waals surface area contributed by atoms with Crippen LogP contribution in [0.5, 0.6) is 0 Å². The van der Waals surface area contributed by atoms with Gasteiger partial charge in [-0.05, 0) is 37.8 Å². The van der Waals surface area contributed by atoms with Crippen molar-refractivity contribution in [1.29, 1.82) is 0 Å². The van der Waals surface area contributed by atoms with Gasteiger partial charge < -0.3 is 20.1 Å². The van der Waals surface area contributed by atoms with Gasteiger partial charge in [-0.2, -0.15) is 5.10 Å². The third-order valence-electron chi connectivity index (χ3n) is 5.35. The van der Waals surface area contributed by atoms with Crippen LogP contribution in [-0.4, -0.2) is 41.0 Å². The molecule has 4 rings (SSSR count). The number of aromatic nitrogens is 2. The lowest BCUT2D eigenvalue weighted by Crippen LogP contribution is -2.36. The Labute approximate surface area is 171 Å². The number of carbonyl (C=O) groups is 2. The maximum absolute atomic E-state index is 13.6. The van der Waals surface area contributed by atoms with Gasteiger partial charge >= 0.3 is 6.09 Å². The summed E-state index contributed by atoms with van der Waals surface area (Å²) < 4.78 is 37.8. The lowest BCUT2D eigenvalue weighted by molar-refractivity contribution is -0.124. The van der Waals surface area contributed by atoms with Crippen LogP contribution in [0, 0.1) is 11.6 Å². The van der Waals surface area contributed by atoms with E-state index < -0.39 is 23.8 Å². The minimum absolute atomic E-state index is 0.118. The molecular formula is C20H22F2N4O4. The van der Waals surface area contributed by atoms with Crippen LogP contribution in [0.15, 0.2) is 24.3 Å². The maximum Gasteiger partial charge on any atom is 0.407 e. The van der Waals surface area contributed by atoms with E-state index in [-0.39, 0.29) is 30.0 Å². The average molecular weight is 420 g/mol. The van der Waals surface area contributed by atoms with Crippen LogP contribution in [0.4, 0.5) is 19.4 Å². The number of hydrogen-bond donors (Lipinski definition) is 3. The third kappa shape index (κ3) is 4.59. The zero-order chi connectivity index (χ0) is 21.1. The number of nitrogens with zero attached hydrogens (tertiary/aromatic N) is 1. The quantitative estimate of drug-likeness (QED) is 0.666. The molecule has 10 heteroatoms. The molecule has 2 fully saturated rings. The van der Waals surface area contributed by atoms with Gasteiger partial charge in [0.2, 0.25) is 0 Å².